The number of rotatable bonds is 4. The first-order valence-corrected chi connectivity index (χ1v) is 7.18. The predicted molar refractivity (Wildman–Crippen MR) is 74.5 cm³/mol. The summed E-state index contributed by atoms with van der Waals surface area (Å²) in [5, 5.41) is 1.87. The van der Waals surface area contributed by atoms with Gasteiger partial charge < -0.3 is 9.47 Å². The number of amides is 1. The van der Waals surface area contributed by atoms with E-state index < -0.39 is 0 Å². The summed E-state index contributed by atoms with van der Waals surface area (Å²) in [5.74, 6) is 0.662. The number of hydrogen-bond acceptors (Lipinski definition) is 4. The molecule has 5 heteroatoms. The molecule has 1 amide bonds. The molecule has 0 unspecified atom stereocenters. The zero-order valence-corrected chi connectivity index (χ0v) is 11.6. The number of carbonyl (C=O) groups is 1. The second-order valence-electron chi connectivity index (χ2n) is 5.21. The number of fused-ring (bicyclic) bond motifs is 1. The highest BCUT2D eigenvalue weighted by molar-refractivity contribution is 5.77. The minimum atomic E-state index is -0.118. The van der Waals surface area contributed by atoms with Crippen LogP contribution in [0.4, 0.5) is 0 Å². The molecule has 0 aromatic heterocycles. The Hall–Kier alpha value is -1.59. The third-order valence-corrected chi connectivity index (χ3v) is 3.73. The lowest BCUT2D eigenvalue weighted by atomic mass is 10.1. The summed E-state index contributed by atoms with van der Waals surface area (Å²) in [6, 6.07) is 6.12. The van der Waals surface area contributed by atoms with Gasteiger partial charge in [0, 0.05) is 13.1 Å². The highest BCUT2D eigenvalue weighted by Gasteiger charge is 2.14. The van der Waals surface area contributed by atoms with Gasteiger partial charge in [-0.2, -0.15) is 0 Å². The van der Waals surface area contributed by atoms with Crippen LogP contribution in [0, 0.1) is 0 Å². The van der Waals surface area contributed by atoms with Gasteiger partial charge in [0.1, 0.15) is 5.75 Å². The number of hydrazine groups is 1. The van der Waals surface area contributed by atoms with Crippen molar-refractivity contribution in [1.29, 1.82) is 0 Å². The first kappa shape index (κ1) is 13.4. The number of ether oxygens (including phenoxy) is 2. The van der Waals surface area contributed by atoms with Crippen molar-refractivity contribution in [1.82, 2.24) is 10.4 Å². The molecular weight excluding hydrogens is 256 g/mol. The molecule has 1 aliphatic carbocycles. The zero-order chi connectivity index (χ0) is 13.8. The van der Waals surface area contributed by atoms with E-state index in [1.165, 1.54) is 17.5 Å². The zero-order valence-electron chi connectivity index (χ0n) is 11.6. The van der Waals surface area contributed by atoms with Crippen molar-refractivity contribution in [2.45, 2.75) is 19.3 Å². The molecule has 1 aromatic carbocycles. The van der Waals surface area contributed by atoms with Gasteiger partial charge in [-0.1, -0.05) is 6.07 Å². The summed E-state index contributed by atoms with van der Waals surface area (Å²) < 4.78 is 10.8. The first-order chi connectivity index (χ1) is 9.81. The van der Waals surface area contributed by atoms with E-state index in [0.29, 0.717) is 13.2 Å². The molecule has 2 aliphatic rings. The number of aryl methyl sites for hydroxylation is 2. The number of nitrogens with zero attached hydrogens (tertiary/aromatic N) is 1. The Balaban J connectivity index is 1.47. The van der Waals surface area contributed by atoms with Gasteiger partial charge in [0.15, 0.2) is 6.61 Å². The van der Waals surface area contributed by atoms with E-state index >= 15 is 0 Å². The molecule has 1 fully saturated rings. The largest absolute Gasteiger partial charge is 0.484 e. The summed E-state index contributed by atoms with van der Waals surface area (Å²) in [7, 11) is 0. The van der Waals surface area contributed by atoms with Crippen LogP contribution in [-0.4, -0.2) is 43.8 Å². The number of morpholine rings is 1. The lowest BCUT2D eigenvalue weighted by molar-refractivity contribution is -0.130. The van der Waals surface area contributed by atoms with Gasteiger partial charge in [0.05, 0.1) is 13.2 Å². The normalized spacial score (nSPS) is 18.6. The van der Waals surface area contributed by atoms with E-state index in [2.05, 4.69) is 17.6 Å². The van der Waals surface area contributed by atoms with Crippen LogP contribution in [0.15, 0.2) is 18.2 Å². The minimum Gasteiger partial charge on any atom is -0.484 e. The smallest absolute Gasteiger partial charge is 0.272 e. The van der Waals surface area contributed by atoms with Gasteiger partial charge >= 0.3 is 0 Å². The SMILES string of the molecule is O=C(COc1ccc2c(c1)CCC2)NN1CCOCC1. The maximum atomic E-state index is 11.8. The number of carbonyl (C=O) groups excluding carboxylic acids is 1. The van der Waals surface area contributed by atoms with Crippen molar-refractivity contribution in [2.75, 3.05) is 32.9 Å². The van der Waals surface area contributed by atoms with Crippen LogP contribution >= 0.6 is 0 Å². The summed E-state index contributed by atoms with van der Waals surface area (Å²) in [6.45, 7) is 2.82. The summed E-state index contributed by atoms with van der Waals surface area (Å²) >= 11 is 0. The molecule has 1 aliphatic heterocycles. The molecule has 1 N–H and O–H groups in total. The lowest BCUT2D eigenvalue weighted by Crippen LogP contribution is -2.49. The third kappa shape index (κ3) is 3.29. The molecule has 0 saturated carbocycles. The Morgan fingerprint density at radius 2 is 2.05 bits per heavy atom. The lowest BCUT2D eigenvalue weighted by Gasteiger charge is -2.26. The van der Waals surface area contributed by atoms with Crippen molar-refractivity contribution < 1.29 is 14.3 Å². The second kappa shape index (κ2) is 6.24. The molecule has 0 bridgehead atoms. The summed E-state index contributed by atoms with van der Waals surface area (Å²) in [5.41, 5.74) is 5.60. The third-order valence-electron chi connectivity index (χ3n) is 3.73. The van der Waals surface area contributed by atoms with Crippen LogP contribution in [0.3, 0.4) is 0 Å². The molecule has 0 radical (unpaired) electrons. The number of nitrogens with one attached hydrogen (secondary N) is 1. The fraction of sp³-hybridized carbons (Fsp3) is 0.533. The average Bonchev–Trinajstić information content (AvgIpc) is 2.93. The topological polar surface area (TPSA) is 50.8 Å². The summed E-state index contributed by atoms with van der Waals surface area (Å²) in [6.07, 6.45) is 3.50. The van der Waals surface area contributed by atoms with Gasteiger partial charge in [-0.3, -0.25) is 10.2 Å². The molecule has 20 heavy (non-hydrogen) atoms. The quantitative estimate of drug-likeness (QED) is 0.888. The van der Waals surface area contributed by atoms with Gasteiger partial charge in [0.25, 0.3) is 5.91 Å². The van der Waals surface area contributed by atoms with Gasteiger partial charge in [-0.25, -0.2) is 5.01 Å². The second-order valence-corrected chi connectivity index (χ2v) is 5.21. The van der Waals surface area contributed by atoms with Crippen LogP contribution in [0.2, 0.25) is 0 Å². The molecule has 108 valence electrons. The van der Waals surface area contributed by atoms with Crippen molar-refractivity contribution in [2.24, 2.45) is 0 Å². The van der Waals surface area contributed by atoms with Gasteiger partial charge in [0.2, 0.25) is 0 Å². The Kier molecular flexibility index (Phi) is 4.18. The number of benzene rings is 1. The Morgan fingerprint density at radius 3 is 2.90 bits per heavy atom. The molecule has 5 nitrogen and oxygen atoms in total. The molecular formula is C15H20N2O3. The van der Waals surface area contributed by atoms with Crippen molar-refractivity contribution >= 4 is 5.91 Å². The van der Waals surface area contributed by atoms with E-state index in [9.17, 15) is 4.79 Å². The Labute approximate surface area is 118 Å². The molecule has 0 spiro atoms. The summed E-state index contributed by atoms with van der Waals surface area (Å²) in [4.78, 5) is 11.8. The van der Waals surface area contributed by atoms with Crippen molar-refractivity contribution in [3.63, 3.8) is 0 Å². The maximum Gasteiger partial charge on any atom is 0.272 e. The van der Waals surface area contributed by atoms with E-state index in [0.717, 1.165) is 31.7 Å². The van der Waals surface area contributed by atoms with Crippen LogP contribution in [0.5, 0.6) is 5.75 Å². The maximum absolute atomic E-state index is 11.8. The minimum absolute atomic E-state index is 0.0517. The first-order valence-electron chi connectivity index (χ1n) is 7.18. The fourth-order valence-corrected chi connectivity index (χ4v) is 2.67. The van der Waals surface area contributed by atoms with E-state index in [-0.39, 0.29) is 12.5 Å². The average molecular weight is 276 g/mol. The molecule has 1 aromatic rings. The van der Waals surface area contributed by atoms with Gasteiger partial charge in [-0.05, 0) is 42.5 Å². The molecule has 1 heterocycles. The Morgan fingerprint density at radius 1 is 1.25 bits per heavy atom. The Bertz CT molecular complexity index is 484. The predicted octanol–water partition coefficient (Wildman–Crippen LogP) is 0.917. The molecule has 1 saturated heterocycles. The van der Waals surface area contributed by atoms with Crippen LogP contribution < -0.4 is 10.2 Å². The number of hydrogen-bond donors (Lipinski definition) is 1. The van der Waals surface area contributed by atoms with E-state index in [1.54, 1.807) is 0 Å². The van der Waals surface area contributed by atoms with Gasteiger partial charge in [-0.15, -0.1) is 0 Å². The van der Waals surface area contributed by atoms with E-state index in [4.69, 9.17) is 9.47 Å². The monoisotopic (exact) mass is 276 g/mol. The molecule has 3 rings (SSSR count). The molecule has 0 atom stereocenters. The fourth-order valence-electron chi connectivity index (χ4n) is 2.67. The van der Waals surface area contributed by atoms with Crippen LogP contribution in [-0.2, 0) is 22.4 Å². The van der Waals surface area contributed by atoms with Crippen molar-refractivity contribution in [3.05, 3.63) is 29.3 Å². The van der Waals surface area contributed by atoms with Crippen molar-refractivity contribution in [3.8, 4) is 5.75 Å². The highest BCUT2D eigenvalue weighted by Crippen LogP contribution is 2.25. The highest BCUT2D eigenvalue weighted by atomic mass is 16.5. The standard InChI is InChI=1S/C15H20N2O3/c18-15(16-17-6-8-19-9-7-17)11-20-14-5-4-12-2-1-3-13(12)10-14/h4-5,10H,1-3,6-9,11H2,(H,16,18). The van der Waals surface area contributed by atoms with Crippen LogP contribution in [0.25, 0.3) is 0 Å². The van der Waals surface area contributed by atoms with E-state index in [1.807, 2.05) is 11.1 Å². The van der Waals surface area contributed by atoms with Crippen LogP contribution in [0.1, 0.15) is 17.5 Å².